The zero-order valence-electron chi connectivity index (χ0n) is 14.8. The van der Waals surface area contributed by atoms with Crippen molar-refractivity contribution in [1.82, 2.24) is 0 Å². The van der Waals surface area contributed by atoms with Gasteiger partial charge in [-0.3, -0.25) is 0 Å². The topological polar surface area (TPSA) is 33.9 Å². The number of rotatable bonds is 7. The number of benzene rings is 2. The molecule has 140 valence electrons. The van der Waals surface area contributed by atoms with Gasteiger partial charge in [0, 0.05) is 0 Å². The van der Waals surface area contributed by atoms with Gasteiger partial charge in [0.2, 0.25) is 0 Å². The van der Waals surface area contributed by atoms with Crippen molar-refractivity contribution >= 4 is 11.6 Å². The van der Waals surface area contributed by atoms with Crippen molar-refractivity contribution in [3.8, 4) is 5.75 Å². The smallest absolute Gasteiger partial charge is 0.138 e. The third kappa shape index (κ3) is 5.70. The van der Waals surface area contributed by atoms with E-state index >= 15 is 0 Å². The van der Waals surface area contributed by atoms with Crippen LogP contribution >= 0.6 is 11.6 Å². The highest BCUT2D eigenvalue weighted by Gasteiger charge is 2.24. The van der Waals surface area contributed by atoms with E-state index in [1.54, 1.807) is 0 Å². The molecular formula is C21H26ClFNO2+. The molecule has 0 aromatic heterocycles. The summed E-state index contributed by atoms with van der Waals surface area (Å²) in [4.78, 5) is 1.41. The van der Waals surface area contributed by atoms with E-state index in [1.165, 1.54) is 41.5 Å². The van der Waals surface area contributed by atoms with Crippen LogP contribution in [0, 0.1) is 11.7 Å². The van der Waals surface area contributed by atoms with Crippen molar-refractivity contribution in [2.24, 2.45) is 5.92 Å². The van der Waals surface area contributed by atoms with Crippen LogP contribution < -0.4 is 9.64 Å². The first-order valence-corrected chi connectivity index (χ1v) is 9.61. The van der Waals surface area contributed by atoms with Crippen molar-refractivity contribution in [1.29, 1.82) is 0 Å². The summed E-state index contributed by atoms with van der Waals surface area (Å²) in [5, 5.41) is 10.5. The van der Waals surface area contributed by atoms with E-state index in [4.69, 9.17) is 16.3 Å². The first-order chi connectivity index (χ1) is 12.6. The Balaban J connectivity index is 1.38. The van der Waals surface area contributed by atoms with Crippen molar-refractivity contribution in [2.75, 3.05) is 26.2 Å². The third-order valence-electron chi connectivity index (χ3n) is 5.03. The Labute approximate surface area is 159 Å². The van der Waals surface area contributed by atoms with Gasteiger partial charge in [-0.1, -0.05) is 41.9 Å². The molecule has 0 unspecified atom stereocenters. The van der Waals surface area contributed by atoms with E-state index < -0.39 is 11.9 Å². The normalized spacial score (nSPS) is 21.3. The summed E-state index contributed by atoms with van der Waals surface area (Å²) < 4.78 is 18.6. The van der Waals surface area contributed by atoms with Crippen molar-refractivity contribution in [3.05, 3.63) is 64.9 Å². The Kier molecular flexibility index (Phi) is 6.89. The highest BCUT2D eigenvalue weighted by Crippen LogP contribution is 2.24. The zero-order chi connectivity index (χ0) is 18.4. The zero-order valence-corrected chi connectivity index (χ0v) is 15.6. The minimum Gasteiger partial charge on any atom is -0.489 e. The molecule has 2 aromatic carbocycles. The monoisotopic (exact) mass is 378 g/mol. The number of hydrogen-bond acceptors (Lipinski definition) is 2. The van der Waals surface area contributed by atoms with Crippen LogP contribution in [0.15, 0.2) is 48.5 Å². The van der Waals surface area contributed by atoms with Gasteiger partial charge < -0.3 is 14.7 Å². The van der Waals surface area contributed by atoms with E-state index in [2.05, 4.69) is 30.3 Å². The predicted octanol–water partition coefficient (Wildman–Crippen LogP) is 2.76. The van der Waals surface area contributed by atoms with Crippen molar-refractivity contribution in [3.63, 3.8) is 0 Å². The van der Waals surface area contributed by atoms with Crippen LogP contribution in [-0.4, -0.2) is 37.5 Å². The summed E-state index contributed by atoms with van der Waals surface area (Å²) in [6.45, 7) is 2.98. The van der Waals surface area contributed by atoms with Gasteiger partial charge in [0.25, 0.3) is 0 Å². The molecule has 2 aromatic rings. The first-order valence-electron chi connectivity index (χ1n) is 9.23. The molecule has 0 radical (unpaired) electrons. The lowest BCUT2D eigenvalue weighted by atomic mass is 9.90. The molecule has 5 heteroatoms. The second-order valence-corrected chi connectivity index (χ2v) is 7.53. The molecule has 1 saturated heterocycles. The van der Waals surface area contributed by atoms with Crippen LogP contribution in [0.5, 0.6) is 5.75 Å². The number of quaternary nitrogens is 1. The summed E-state index contributed by atoms with van der Waals surface area (Å²) in [5.74, 6) is 0.738. The summed E-state index contributed by atoms with van der Waals surface area (Å²) >= 11 is 5.94. The molecule has 1 heterocycles. The van der Waals surface area contributed by atoms with Gasteiger partial charge in [-0.05, 0) is 48.9 Å². The van der Waals surface area contributed by atoms with E-state index in [1.807, 2.05) is 0 Å². The summed E-state index contributed by atoms with van der Waals surface area (Å²) in [6, 6.07) is 14.6. The van der Waals surface area contributed by atoms with Crippen LogP contribution in [0.25, 0.3) is 0 Å². The quantitative estimate of drug-likeness (QED) is 0.776. The number of aliphatic hydroxyl groups excluding tert-OH is 1. The Bertz CT molecular complexity index is 690. The first kappa shape index (κ1) is 19.2. The third-order valence-corrected chi connectivity index (χ3v) is 5.32. The van der Waals surface area contributed by atoms with E-state index in [-0.39, 0.29) is 11.6 Å². The highest BCUT2D eigenvalue weighted by molar-refractivity contribution is 6.32. The minimum absolute atomic E-state index is 0.169. The molecule has 0 spiro atoms. The number of hydrogen-bond donors (Lipinski definition) is 2. The fourth-order valence-electron chi connectivity index (χ4n) is 3.61. The Morgan fingerprint density at radius 3 is 2.58 bits per heavy atom. The molecule has 3 nitrogen and oxygen atoms in total. The lowest BCUT2D eigenvalue weighted by molar-refractivity contribution is -0.909. The van der Waals surface area contributed by atoms with Gasteiger partial charge in [-0.2, -0.15) is 0 Å². The fourth-order valence-corrected chi connectivity index (χ4v) is 3.83. The Morgan fingerprint density at radius 2 is 1.88 bits per heavy atom. The Morgan fingerprint density at radius 1 is 1.15 bits per heavy atom. The number of halogens is 2. The highest BCUT2D eigenvalue weighted by atomic mass is 35.5. The second kappa shape index (κ2) is 9.36. The van der Waals surface area contributed by atoms with Crippen LogP contribution in [-0.2, 0) is 6.42 Å². The number of ether oxygens (including phenoxy) is 1. The molecule has 2 N–H and O–H groups in total. The summed E-state index contributed by atoms with van der Waals surface area (Å²) in [7, 11) is 0. The molecule has 0 bridgehead atoms. The van der Waals surface area contributed by atoms with Crippen LogP contribution in [0.4, 0.5) is 4.39 Å². The molecule has 1 fully saturated rings. The number of aliphatic hydroxyl groups is 1. The summed E-state index contributed by atoms with van der Waals surface area (Å²) in [5.41, 5.74) is 1.41. The van der Waals surface area contributed by atoms with Crippen molar-refractivity contribution in [2.45, 2.75) is 25.4 Å². The Hall–Kier alpha value is -1.62. The van der Waals surface area contributed by atoms with Gasteiger partial charge in [-0.15, -0.1) is 0 Å². The van der Waals surface area contributed by atoms with E-state index in [0.717, 1.165) is 25.4 Å². The van der Waals surface area contributed by atoms with E-state index in [9.17, 15) is 9.50 Å². The lowest BCUT2D eigenvalue weighted by Crippen LogP contribution is -3.14. The summed E-state index contributed by atoms with van der Waals surface area (Å²) in [6.07, 6.45) is 2.95. The fraction of sp³-hybridized carbons (Fsp3) is 0.429. The van der Waals surface area contributed by atoms with Crippen LogP contribution in [0.1, 0.15) is 18.4 Å². The predicted molar refractivity (Wildman–Crippen MR) is 101 cm³/mol. The largest absolute Gasteiger partial charge is 0.489 e. The molecule has 1 aliphatic heterocycles. The average Bonchev–Trinajstić information content (AvgIpc) is 2.63. The maximum absolute atomic E-state index is 13.0. The molecule has 0 saturated carbocycles. The van der Waals surface area contributed by atoms with Crippen LogP contribution in [0.2, 0.25) is 5.02 Å². The molecule has 1 aliphatic rings. The van der Waals surface area contributed by atoms with Crippen LogP contribution in [0.3, 0.4) is 0 Å². The molecule has 3 rings (SSSR count). The standard InChI is InChI=1S/C21H25ClFNO2/c22-20-13-18(23)6-7-21(20)26-15-19(25)14-24-10-8-17(9-11-24)12-16-4-2-1-3-5-16/h1-7,13,17,19,25H,8-12,14-15H2/p+1/t19-/m1/s1. The van der Waals surface area contributed by atoms with Gasteiger partial charge >= 0.3 is 0 Å². The maximum Gasteiger partial charge on any atom is 0.138 e. The van der Waals surface area contributed by atoms with Gasteiger partial charge in [0.1, 0.15) is 30.8 Å². The minimum atomic E-state index is -0.559. The lowest BCUT2D eigenvalue weighted by Gasteiger charge is -2.30. The van der Waals surface area contributed by atoms with Gasteiger partial charge in [-0.25, -0.2) is 4.39 Å². The maximum atomic E-state index is 13.0. The molecule has 26 heavy (non-hydrogen) atoms. The van der Waals surface area contributed by atoms with E-state index in [0.29, 0.717) is 12.3 Å². The van der Waals surface area contributed by atoms with Gasteiger partial charge in [0.15, 0.2) is 0 Å². The second-order valence-electron chi connectivity index (χ2n) is 7.13. The average molecular weight is 379 g/mol. The van der Waals surface area contributed by atoms with Crippen molar-refractivity contribution < 1.29 is 19.1 Å². The number of piperidine rings is 1. The molecule has 0 amide bonds. The molecule has 0 aliphatic carbocycles. The number of nitrogens with one attached hydrogen (secondary N) is 1. The van der Waals surface area contributed by atoms with Gasteiger partial charge in [0.05, 0.1) is 18.1 Å². The SMILES string of the molecule is O[C@@H](COc1ccc(F)cc1Cl)C[NH+]1CCC(Cc2ccccc2)CC1. The molecule has 1 atom stereocenters. The number of likely N-dealkylation sites (tertiary alicyclic amines) is 1. The molecular weight excluding hydrogens is 353 g/mol.